The third kappa shape index (κ3) is 2.21. The molecule has 20 heavy (non-hydrogen) atoms. The van der Waals surface area contributed by atoms with Crippen LogP contribution < -0.4 is 10.1 Å². The van der Waals surface area contributed by atoms with Crippen LogP contribution in [0.4, 0.5) is 5.69 Å². The van der Waals surface area contributed by atoms with Crippen LogP contribution in [-0.4, -0.2) is 23.5 Å². The molecule has 0 atom stereocenters. The number of fused-ring (bicyclic) bond motifs is 1. The second-order valence-corrected chi connectivity index (χ2v) is 4.31. The highest BCUT2D eigenvalue weighted by atomic mass is 16.5. The van der Waals surface area contributed by atoms with Gasteiger partial charge in [-0.1, -0.05) is 12.1 Å². The van der Waals surface area contributed by atoms with Gasteiger partial charge in [-0.25, -0.2) is 4.98 Å². The van der Waals surface area contributed by atoms with Gasteiger partial charge >= 0.3 is 0 Å². The van der Waals surface area contributed by atoms with Gasteiger partial charge in [0.05, 0.1) is 18.1 Å². The highest BCUT2D eigenvalue weighted by molar-refractivity contribution is 5.85. The Balaban J connectivity index is 2.05. The van der Waals surface area contributed by atoms with Crippen LogP contribution >= 0.6 is 0 Å². The van der Waals surface area contributed by atoms with Crippen molar-refractivity contribution in [2.45, 2.75) is 0 Å². The maximum atomic E-state index is 10.5. The molecule has 0 spiro atoms. The third-order valence-corrected chi connectivity index (χ3v) is 3.05. The summed E-state index contributed by atoms with van der Waals surface area (Å²) >= 11 is 0. The summed E-state index contributed by atoms with van der Waals surface area (Å²) in [5, 5.41) is 2.62. The van der Waals surface area contributed by atoms with Crippen molar-refractivity contribution in [2.75, 3.05) is 12.4 Å². The minimum atomic E-state index is 0.653. The van der Waals surface area contributed by atoms with Gasteiger partial charge in [0.2, 0.25) is 6.41 Å². The van der Waals surface area contributed by atoms with Gasteiger partial charge in [0.1, 0.15) is 11.6 Å². The topological polar surface area (TPSA) is 67.0 Å². The van der Waals surface area contributed by atoms with E-state index in [1.807, 2.05) is 42.5 Å². The number of hydrogen-bond acceptors (Lipinski definition) is 3. The molecule has 3 rings (SSSR count). The van der Waals surface area contributed by atoms with E-state index in [0.717, 1.165) is 33.9 Å². The number of rotatable bonds is 4. The van der Waals surface area contributed by atoms with Gasteiger partial charge < -0.3 is 15.0 Å². The van der Waals surface area contributed by atoms with Crippen molar-refractivity contribution in [2.24, 2.45) is 0 Å². The zero-order chi connectivity index (χ0) is 13.9. The Morgan fingerprint density at radius 3 is 2.95 bits per heavy atom. The molecule has 0 aliphatic rings. The second kappa shape index (κ2) is 5.05. The van der Waals surface area contributed by atoms with E-state index in [0.29, 0.717) is 6.41 Å². The van der Waals surface area contributed by atoms with Crippen molar-refractivity contribution in [3.05, 3.63) is 42.5 Å². The van der Waals surface area contributed by atoms with E-state index < -0.39 is 0 Å². The van der Waals surface area contributed by atoms with Gasteiger partial charge in [0.15, 0.2) is 0 Å². The average molecular weight is 267 g/mol. The quantitative estimate of drug-likeness (QED) is 0.714. The molecule has 0 saturated carbocycles. The number of carbonyl (C=O) groups is 1. The van der Waals surface area contributed by atoms with E-state index in [-0.39, 0.29) is 0 Å². The van der Waals surface area contributed by atoms with E-state index in [1.165, 1.54) is 0 Å². The van der Waals surface area contributed by atoms with E-state index >= 15 is 0 Å². The number of H-pyrrole nitrogens is 1. The number of ether oxygens (including phenoxy) is 1. The normalized spacial score (nSPS) is 10.4. The standard InChI is InChI=1S/C15H13N3O2/c1-20-12-4-2-3-10(7-12)15-17-13-6-5-11(16-9-19)8-14(13)18-15/h2-9H,1H3,(H,16,19)(H,17,18). The van der Waals surface area contributed by atoms with Crippen molar-refractivity contribution in [3.8, 4) is 17.1 Å². The lowest BCUT2D eigenvalue weighted by Gasteiger charge is -2.01. The minimum Gasteiger partial charge on any atom is -0.497 e. The number of nitrogens with zero attached hydrogens (tertiary/aromatic N) is 1. The summed E-state index contributed by atoms with van der Waals surface area (Å²) in [5.74, 6) is 1.55. The molecule has 0 saturated heterocycles. The molecule has 0 bridgehead atoms. The Hall–Kier alpha value is -2.82. The first-order valence-corrected chi connectivity index (χ1v) is 6.14. The van der Waals surface area contributed by atoms with Crippen LogP contribution in [0.15, 0.2) is 42.5 Å². The lowest BCUT2D eigenvalue weighted by molar-refractivity contribution is -0.105. The first-order chi connectivity index (χ1) is 9.80. The number of carbonyl (C=O) groups excluding carboxylic acids is 1. The maximum absolute atomic E-state index is 10.5. The molecule has 5 nitrogen and oxygen atoms in total. The molecule has 0 aliphatic heterocycles. The number of nitrogens with one attached hydrogen (secondary N) is 2. The van der Waals surface area contributed by atoms with Gasteiger partial charge in [-0.15, -0.1) is 0 Å². The predicted octanol–water partition coefficient (Wildman–Crippen LogP) is 2.81. The summed E-state index contributed by atoms with van der Waals surface area (Å²) in [6.07, 6.45) is 0.653. The van der Waals surface area contributed by atoms with Crippen molar-refractivity contribution in [3.63, 3.8) is 0 Å². The molecule has 1 heterocycles. The van der Waals surface area contributed by atoms with Crippen LogP contribution in [0.3, 0.4) is 0 Å². The number of aromatic amines is 1. The van der Waals surface area contributed by atoms with E-state index in [1.54, 1.807) is 7.11 Å². The Morgan fingerprint density at radius 2 is 2.15 bits per heavy atom. The number of anilines is 1. The number of methoxy groups -OCH3 is 1. The highest BCUT2D eigenvalue weighted by Crippen LogP contribution is 2.25. The van der Waals surface area contributed by atoms with Crippen LogP contribution in [0.25, 0.3) is 22.4 Å². The largest absolute Gasteiger partial charge is 0.497 e. The lowest BCUT2D eigenvalue weighted by Crippen LogP contribution is -1.92. The molecule has 0 unspecified atom stereocenters. The predicted molar refractivity (Wildman–Crippen MR) is 77.8 cm³/mol. The van der Waals surface area contributed by atoms with Crippen LogP contribution in [0.1, 0.15) is 0 Å². The first-order valence-electron chi connectivity index (χ1n) is 6.14. The van der Waals surface area contributed by atoms with Gasteiger partial charge in [-0.2, -0.15) is 0 Å². The molecule has 1 aromatic heterocycles. The van der Waals surface area contributed by atoms with Gasteiger partial charge in [-0.05, 0) is 30.3 Å². The molecule has 0 fully saturated rings. The number of amides is 1. The van der Waals surface area contributed by atoms with Gasteiger partial charge in [0.25, 0.3) is 0 Å². The minimum absolute atomic E-state index is 0.653. The Labute approximate surface area is 115 Å². The summed E-state index contributed by atoms with van der Waals surface area (Å²) in [6.45, 7) is 0. The van der Waals surface area contributed by atoms with Crippen molar-refractivity contribution in [1.29, 1.82) is 0 Å². The monoisotopic (exact) mass is 267 g/mol. The fourth-order valence-corrected chi connectivity index (χ4v) is 2.07. The molecule has 5 heteroatoms. The summed E-state index contributed by atoms with van der Waals surface area (Å²) in [6, 6.07) is 13.2. The number of hydrogen-bond donors (Lipinski definition) is 2. The van der Waals surface area contributed by atoms with Gasteiger partial charge in [-0.3, -0.25) is 4.79 Å². The number of aromatic nitrogens is 2. The van der Waals surface area contributed by atoms with E-state index in [2.05, 4.69) is 15.3 Å². The van der Waals surface area contributed by atoms with Crippen LogP contribution in [0, 0.1) is 0 Å². The number of benzene rings is 2. The van der Waals surface area contributed by atoms with Crippen LogP contribution in [0.2, 0.25) is 0 Å². The zero-order valence-electron chi connectivity index (χ0n) is 10.9. The summed E-state index contributed by atoms with van der Waals surface area (Å²) < 4.78 is 5.21. The van der Waals surface area contributed by atoms with E-state index in [9.17, 15) is 4.79 Å². The molecular formula is C15H13N3O2. The SMILES string of the molecule is COc1cccc(-c2nc3ccc(NC=O)cc3[nH]2)c1. The van der Waals surface area contributed by atoms with Crippen molar-refractivity contribution in [1.82, 2.24) is 9.97 Å². The molecule has 0 aliphatic carbocycles. The van der Waals surface area contributed by atoms with Gasteiger partial charge in [0, 0.05) is 11.3 Å². The fraction of sp³-hybridized carbons (Fsp3) is 0.0667. The van der Waals surface area contributed by atoms with Crippen molar-refractivity contribution >= 4 is 23.1 Å². The lowest BCUT2D eigenvalue weighted by atomic mass is 10.2. The number of imidazole rings is 1. The maximum Gasteiger partial charge on any atom is 0.211 e. The Bertz CT molecular complexity index is 765. The second-order valence-electron chi connectivity index (χ2n) is 4.31. The highest BCUT2D eigenvalue weighted by Gasteiger charge is 2.06. The van der Waals surface area contributed by atoms with E-state index in [4.69, 9.17) is 4.74 Å². The smallest absolute Gasteiger partial charge is 0.211 e. The Morgan fingerprint density at radius 1 is 1.25 bits per heavy atom. The zero-order valence-corrected chi connectivity index (χ0v) is 10.9. The third-order valence-electron chi connectivity index (χ3n) is 3.05. The molecule has 2 N–H and O–H groups in total. The molecule has 0 radical (unpaired) electrons. The first kappa shape index (κ1) is 12.2. The molecule has 100 valence electrons. The summed E-state index contributed by atoms with van der Waals surface area (Å²) in [7, 11) is 1.63. The van der Waals surface area contributed by atoms with Crippen LogP contribution in [0.5, 0.6) is 5.75 Å². The molecule has 1 amide bonds. The Kier molecular flexibility index (Phi) is 3.09. The fourth-order valence-electron chi connectivity index (χ4n) is 2.07. The summed E-state index contributed by atoms with van der Waals surface area (Å²) in [5.41, 5.74) is 3.40. The van der Waals surface area contributed by atoms with Crippen molar-refractivity contribution < 1.29 is 9.53 Å². The summed E-state index contributed by atoms with van der Waals surface area (Å²) in [4.78, 5) is 18.2. The molecule has 3 aromatic rings. The average Bonchev–Trinajstić information content (AvgIpc) is 2.91. The van der Waals surface area contributed by atoms with Crippen LogP contribution in [-0.2, 0) is 4.79 Å². The molecule has 2 aromatic carbocycles. The molecular weight excluding hydrogens is 254 g/mol.